The van der Waals surface area contributed by atoms with Crippen molar-refractivity contribution in [2.45, 2.75) is 44.6 Å². The maximum atomic E-state index is 12.6. The van der Waals surface area contributed by atoms with Crippen molar-refractivity contribution >= 4 is 23.4 Å². The molecule has 1 N–H and O–H groups in total. The van der Waals surface area contributed by atoms with Gasteiger partial charge in [-0.05, 0) is 39.7 Å². The van der Waals surface area contributed by atoms with E-state index in [0.717, 1.165) is 0 Å². The first kappa shape index (κ1) is 17.2. The highest BCUT2D eigenvalue weighted by molar-refractivity contribution is 6.07. The van der Waals surface area contributed by atoms with Crippen molar-refractivity contribution in [1.29, 1.82) is 0 Å². The molecular formula is C17H21N3O5. The summed E-state index contributed by atoms with van der Waals surface area (Å²) >= 11 is 0. The van der Waals surface area contributed by atoms with E-state index in [1.54, 1.807) is 37.8 Å². The summed E-state index contributed by atoms with van der Waals surface area (Å²) in [5, 5.41) is 14.2. The molecule has 1 spiro atoms. The number of carbonyl (C=O) groups is 2. The van der Waals surface area contributed by atoms with E-state index in [1.165, 1.54) is 6.07 Å². The van der Waals surface area contributed by atoms with Crippen LogP contribution >= 0.6 is 0 Å². The number of hydrogen-bond acceptors (Lipinski definition) is 5. The Balaban J connectivity index is 1.86. The quantitative estimate of drug-likeness (QED) is 0.622. The van der Waals surface area contributed by atoms with Crippen LogP contribution in [0.4, 0.5) is 16.2 Å². The third-order valence-electron chi connectivity index (χ3n) is 4.67. The highest BCUT2D eigenvalue weighted by Crippen LogP contribution is 2.49. The average molecular weight is 347 g/mol. The Bertz CT molecular complexity index is 745. The van der Waals surface area contributed by atoms with Gasteiger partial charge in [0.15, 0.2) is 0 Å². The van der Waals surface area contributed by atoms with Gasteiger partial charge >= 0.3 is 6.09 Å². The first-order valence-electron chi connectivity index (χ1n) is 8.21. The molecule has 1 aromatic rings. The lowest BCUT2D eigenvalue weighted by molar-refractivity contribution is -0.385. The monoisotopic (exact) mass is 347 g/mol. The van der Waals surface area contributed by atoms with Crippen LogP contribution in [0.5, 0.6) is 0 Å². The van der Waals surface area contributed by atoms with Gasteiger partial charge in [0.2, 0.25) is 5.91 Å². The van der Waals surface area contributed by atoms with E-state index >= 15 is 0 Å². The molecule has 0 aromatic heterocycles. The summed E-state index contributed by atoms with van der Waals surface area (Å²) in [6.07, 6.45) is 0.231. The van der Waals surface area contributed by atoms with Crippen LogP contribution in [0.25, 0.3) is 0 Å². The zero-order valence-electron chi connectivity index (χ0n) is 14.5. The number of nitro groups is 1. The molecule has 2 heterocycles. The summed E-state index contributed by atoms with van der Waals surface area (Å²) in [7, 11) is 0. The minimum atomic E-state index is -0.961. The first-order chi connectivity index (χ1) is 11.6. The van der Waals surface area contributed by atoms with Crippen molar-refractivity contribution in [3.05, 3.63) is 33.9 Å². The van der Waals surface area contributed by atoms with E-state index in [9.17, 15) is 19.7 Å². The van der Waals surface area contributed by atoms with Crippen LogP contribution in [0.3, 0.4) is 0 Å². The van der Waals surface area contributed by atoms with Crippen molar-refractivity contribution < 1.29 is 19.2 Å². The Hall–Kier alpha value is -2.64. The molecule has 1 saturated heterocycles. The molecule has 0 saturated carbocycles. The lowest BCUT2D eigenvalue weighted by Crippen LogP contribution is -2.49. The first-order valence-corrected chi connectivity index (χ1v) is 8.21. The van der Waals surface area contributed by atoms with Crippen molar-refractivity contribution in [3.8, 4) is 0 Å². The number of piperidine rings is 1. The second kappa shape index (κ2) is 5.72. The van der Waals surface area contributed by atoms with Crippen molar-refractivity contribution in [3.63, 3.8) is 0 Å². The molecular weight excluding hydrogens is 326 g/mol. The highest BCUT2D eigenvalue weighted by atomic mass is 16.6. The highest BCUT2D eigenvalue weighted by Gasteiger charge is 2.52. The van der Waals surface area contributed by atoms with Gasteiger partial charge in [0.05, 0.1) is 21.6 Å². The van der Waals surface area contributed by atoms with Crippen molar-refractivity contribution in [1.82, 2.24) is 4.90 Å². The Morgan fingerprint density at radius 3 is 2.52 bits per heavy atom. The van der Waals surface area contributed by atoms with Gasteiger partial charge in [0, 0.05) is 19.2 Å². The average Bonchev–Trinajstić information content (AvgIpc) is 2.78. The molecule has 2 amide bonds. The van der Waals surface area contributed by atoms with Crippen LogP contribution in [-0.4, -0.2) is 40.5 Å². The number of ether oxygens (including phenoxy) is 1. The van der Waals surface area contributed by atoms with E-state index in [2.05, 4.69) is 5.32 Å². The second-order valence-corrected chi connectivity index (χ2v) is 7.46. The van der Waals surface area contributed by atoms with Crippen LogP contribution in [0.1, 0.15) is 39.2 Å². The van der Waals surface area contributed by atoms with Crippen molar-refractivity contribution in [2.24, 2.45) is 0 Å². The maximum Gasteiger partial charge on any atom is 0.410 e. The summed E-state index contributed by atoms with van der Waals surface area (Å²) in [6, 6.07) is 4.66. The molecule has 0 bridgehead atoms. The van der Waals surface area contributed by atoms with Gasteiger partial charge in [-0.3, -0.25) is 14.9 Å². The summed E-state index contributed by atoms with van der Waals surface area (Å²) in [6.45, 7) is 6.00. The minimum absolute atomic E-state index is 0.0541. The fraction of sp³-hybridized carbons (Fsp3) is 0.529. The van der Waals surface area contributed by atoms with E-state index in [1.807, 2.05) is 0 Å². The lowest BCUT2D eigenvalue weighted by atomic mass is 9.73. The van der Waals surface area contributed by atoms with E-state index < -0.39 is 22.0 Å². The van der Waals surface area contributed by atoms with Gasteiger partial charge in [-0.1, -0.05) is 6.07 Å². The zero-order valence-corrected chi connectivity index (χ0v) is 14.5. The Morgan fingerprint density at radius 2 is 1.96 bits per heavy atom. The summed E-state index contributed by atoms with van der Waals surface area (Å²) in [5.74, 6) is -0.236. The van der Waals surface area contributed by atoms with E-state index in [4.69, 9.17) is 4.74 Å². The standard InChI is InChI=1S/C17H21N3O5/c1-16(2,3)25-15(22)19-9-7-17(8-10-19)13-11(18-14(17)21)5-4-6-12(13)20(23)24/h4-6H,7-10H2,1-3H3,(H,18,21). The maximum absolute atomic E-state index is 12.6. The molecule has 8 heteroatoms. The molecule has 8 nitrogen and oxygen atoms in total. The van der Waals surface area contributed by atoms with Crippen LogP contribution in [0.2, 0.25) is 0 Å². The fourth-order valence-electron chi connectivity index (χ4n) is 3.53. The predicted molar refractivity (Wildman–Crippen MR) is 90.4 cm³/mol. The van der Waals surface area contributed by atoms with Gasteiger partial charge in [-0.25, -0.2) is 4.79 Å². The van der Waals surface area contributed by atoms with Gasteiger partial charge < -0.3 is 15.0 Å². The Kier molecular flexibility index (Phi) is 3.93. The Morgan fingerprint density at radius 1 is 1.32 bits per heavy atom. The smallest absolute Gasteiger partial charge is 0.410 e. The molecule has 3 rings (SSSR count). The van der Waals surface area contributed by atoms with E-state index in [0.29, 0.717) is 37.2 Å². The number of benzene rings is 1. The third kappa shape index (κ3) is 2.92. The number of nitrogens with zero attached hydrogens (tertiary/aromatic N) is 2. The number of nitrogens with one attached hydrogen (secondary N) is 1. The number of nitro benzene ring substituents is 1. The number of rotatable bonds is 1. The fourth-order valence-corrected chi connectivity index (χ4v) is 3.53. The minimum Gasteiger partial charge on any atom is -0.444 e. The molecule has 2 aliphatic heterocycles. The van der Waals surface area contributed by atoms with Gasteiger partial charge in [-0.15, -0.1) is 0 Å². The number of hydrogen-bond donors (Lipinski definition) is 1. The molecule has 1 aromatic carbocycles. The number of fused-ring (bicyclic) bond motifs is 2. The van der Waals surface area contributed by atoms with Crippen molar-refractivity contribution in [2.75, 3.05) is 18.4 Å². The number of likely N-dealkylation sites (tertiary alicyclic amines) is 1. The van der Waals surface area contributed by atoms with Gasteiger partial charge in [-0.2, -0.15) is 0 Å². The molecule has 134 valence electrons. The normalized spacial score (nSPS) is 18.7. The molecule has 0 atom stereocenters. The summed E-state index contributed by atoms with van der Waals surface area (Å²) < 4.78 is 5.36. The number of carbonyl (C=O) groups excluding carboxylic acids is 2. The second-order valence-electron chi connectivity index (χ2n) is 7.46. The number of anilines is 1. The zero-order chi connectivity index (χ0) is 18.4. The summed E-state index contributed by atoms with van der Waals surface area (Å²) in [4.78, 5) is 37.3. The molecule has 0 aliphatic carbocycles. The lowest BCUT2D eigenvalue weighted by Gasteiger charge is -2.38. The van der Waals surface area contributed by atoms with Gasteiger partial charge in [0.25, 0.3) is 5.69 Å². The largest absolute Gasteiger partial charge is 0.444 e. The Labute approximate surface area is 145 Å². The van der Waals surface area contributed by atoms with Gasteiger partial charge in [0.1, 0.15) is 5.60 Å². The van der Waals surface area contributed by atoms with Crippen LogP contribution in [-0.2, 0) is 14.9 Å². The predicted octanol–water partition coefficient (Wildman–Crippen LogP) is 2.82. The van der Waals surface area contributed by atoms with Crippen LogP contribution in [0, 0.1) is 10.1 Å². The number of amides is 2. The molecule has 0 unspecified atom stereocenters. The third-order valence-corrected chi connectivity index (χ3v) is 4.67. The summed E-state index contributed by atoms with van der Waals surface area (Å²) in [5.41, 5.74) is -0.680. The SMILES string of the molecule is CC(C)(C)OC(=O)N1CCC2(CC1)C(=O)Nc1cccc([N+](=O)[O-])c12. The molecule has 1 fully saturated rings. The molecule has 2 aliphatic rings. The molecule has 25 heavy (non-hydrogen) atoms. The topological polar surface area (TPSA) is 102 Å². The van der Waals surface area contributed by atoms with E-state index in [-0.39, 0.29) is 11.6 Å². The van der Waals surface area contributed by atoms with Crippen LogP contribution in [0.15, 0.2) is 18.2 Å². The molecule has 0 radical (unpaired) electrons. The van der Waals surface area contributed by atoms with Crippen LogP contribution < -0.4 is 5.32 Å².